The number of rotatable bonds is 4. The molecule has 1 aromatic rings. The molecule has 1 fully saturated rings. The van der Waals surface area contributed by atoms with E-state index in [1.54, 1.807) is 6.92 Å². The van der Waals surface area contributed by atoms with Crippen LogP contribution in [0.5, 0.6) is 0 Å². The van der Waals surface area contributed by atoms with Crippen LogP contribution in [0.4, 0.5) is 5.69 Å². The van der Waals surface area contributed by atoms with Crippen LogP contribution in [0, 0.1) is 5.92 Å². The molecule has 1 heterocycles. The fourth-order valence-corrected chi connectivity index (χ4v) is 2.45. The number of aliphatic hydroxyl groups excluding tert-OH is 2. The zero-order chi connectivity index (χ0) is 12.3. The summed E-state index contributed by atoms with van der Waals surface area (Å²) in [5.41, 5.74) is 2.18. The van der Waals surface area contributed by atoms with Crippen molar-refractivity contribution in [1.29, 1.82) is 0 Å². The van der Waals surface area contributed by atoms with E-state index >= 15 is 0 Å². The lowest BCUT2D eigenvalue weighted by Crippen LogP contribution is -2.19. The molecule has 3 heteroatoms. The standard InChI is InChI=1S/C14H21NO2/c1-11(17)13-2-4-14(5-3-13)15-8-6-12(10-15)7-9-16/h2-5,11-12,16-17H,6-10H2,1H3. The van der Waals surface area contributed by atoms with Gasteiger partial charge in [0.1, 0.15) is 0 Å². The number of hydrogen-bond acceptors (Lipinski definition) is 3. The van der Waals surface area contributed by atoms with Gasteiger partial charge in [0.25, 0.3) is 0 Å². The van der Waals surface area contributed by atoms with Crippen LogP contribution in [0.3, 0.4) is 0 Å². The van der Waals surface area contributed by atoms with Gasteiger partial charge in [-0.05, 0) is 43.4 Å². The summed E-state index contributed by atoms with van der Waals surface area (Å²) in [5.74, 6) is 0.622. The Kier molecular flexibility index (Phi) is 4.02. The molecule has 2 rings (SSSR count). The molecular weight excluding hydrogens is 214 g/mol. The number of aliphatic hydroxyl groups is 2. The van der Waals surface area contributed by atoms with E-state index in [2.05, 4.69) is 17.0 Å². The third-order valence-electron chi connectivity index (χ3n) is 3.56. The molecule has 2 atom stereocenters. The first-order valence-electron chi connectivity index (χ1n) is 6.34. The quantitative estimate of drug-likeness (QED) is 0.838. The Morgan fingerprint density at radius 1 is 1.35 bits per heavy atom. The maximum absolute atomic E-state index is 9.45. The van der Waals surface area contributed by atoms with Gasteiger partial charge in [0.05, 0.1) is 6.10 Å². The third-order valence-corrected chi connectivity index (χ3v) is 3.56. The highest BCUT2D eigenvalue weighted by Crippen LogP contribution is 2.26. The summed E-state index contributed by atoms with van der Waals surface area (Å²) in [5, 5.41) is 18.4. The van der Waals surface area contributed by atoms with E-state index in [9.17, 15) is 5.11 Å². The highest BCUT2D eigenvalue weighted by Gasteiger charge is 2.21. The summed E-state index contributed by atoms with van der Waals surface area (Å²) in [4.78, 5) is 2.35. The fourth-order valence-electron chi connectivity index (χ4n) is 2.45. The summed E-state index contributed by atoms with van der Waals surface area (Å²) in [6.07, 6.45) is 1.67. The van der Waals surface area contributed by atoms with Crippen molar-refractivity contribution in [2.75, 3.05) is 24.6 Å². The van der Waals surface area contributed by atoms with Crippen molar-refractivity contribution >= 4 is 5.69 Å². The molecule has 2 N–H and O–H groups in total. The van der Waals surface area contributed by atoms with Crippen molar-refractivity contribution in [2.24, 2.45) is 5.92 Å². The van der Waals surface area contributed by atoms with E-state index < -0.39 is 6.10 Å². The van der Waals surface area contributed by atoms with E-state index in [0.29, 0.717) is 12.5 Å². The number of nitrogens with zero attached hydrogens (tertiary/aromatic N) is 1. The molecule has 3 nitrogen and oxygen atoms in total. The molecule has 0 bridgehead atoms. The average Bonchev–Trinajstić information content (AvgIpc) is 2.78. The maximum atomic E-state index is 9.45. The lowest BCUT2D eigenvalue weighted by molar-refractivity contribution is 0.199. The summed E-state index contributed by atoms with van der Waals surface area (Å²) in [7, 11) is 0. The van der Waals surface area contributed by atoms with Crippen LogP contribution in [0.15, 0.2) is 24.3 Å². The van der Waals surface area contributed by atoms with Crippen LogP contribution in [-0.4, -0.2) is 29.9 Å². The van der Waals surface area contributed by atoms with Gasteiger partial charge in [-0.3, -0.25) is 0 Å². The van der Waals surface area contributed by atoms with Crippen LogP contribution < -0.4 is 4.90 Å². The second kappa shape index (κ2) is 5.52. The van der Waals surface area contributed by atoms with E-state index in [4.69, 9.17) is 5.11 Å². The molecule has 17 heavy (non-hydrogen) atoms. The van der Waals surface area contributed by atoms with E-state index in [1.807, 2.05) is 12.1 Å². The normalized spacial score (nSPS) is 21.8. The molecule has 94 valence electrons. The zero-order valence-corrected chi connectivity index (χ0v) is 10.3. The fraction of sp³-hybridized carbons (Fsp3) is 0.571. The first-order chi connectivity index (χ1) is 8.20. The maximum Gasteiger partial charge on any atom is 0.0761 e. The van der Waals surface area contributed by atoms with Gasteiger partial charge in [-0.25, -0.2) is 0 Å². The monoisotopic (exact) mass is 235 g/mol. The van der Waals surface area contributed by atoms with Gasteiger partial charge in [0.15, 0.2) is 0 Å². The lowest BCUT2D eigenvalue weighted by atomic mass is 10.1. The molecule has 0 amide bonds. The second-order valence-corrected chi connectivity index (χ2v) is 4.88. The molecule has 0 aliphatic carbocycles. The summed E-state index contributed by atoms with van der Waals surface area (Å²) >= 11 is 0. The summed E-state index contributed by atoms with van der Waals surface area (Å²) < 4.78 is 0. The molecule has 1 aromatic carbocycles. The van der Waals surface area contributed by atoms with Gasteiger partial charge in [-0.15, -0.1) is 0 Å². The summed E-state index contributed by atoms with van der Waals surface area (Å²) in [6.45, 7) is 4.18. The van der Waals surface area contributed by atoms with E-state index in [-0.39, 0.29) is 0 Å². The topological polar surface area (TPSA) is 43.7 Å². The van der Waals surface area contributed by atoms with Crippen molar-refractivity contribution < 1.29 is 10.2 Å². The molecule has 2 unspecified atom stereocenters. The van der Waals surface area contributed by atoms with Gasteiger partial charge in [0.2, 0.25) is 0 Å². The third kappa shape index (κ3) is 2.99. The molecule has 1 aliphatic heterocycles. The predicted molar refractivity (Wildman–Crippen MR) is 69.1 cm³/mol. The van der Waals surface area contributed by atoms with Gasteiger partial charge >= 0.3 is 0 Å². The highest BCUT2D eigenvalue weighted by atomic mass is 16.3. The predicted octanol–water partition coefficient (Wildman–Crippen LogP) is 1.95. The molecule has 0 aromatic heterocycles. The average molecular weight is 235 g/mol. The van der Waals surface area contributed by atoms with Crippen molar-refractivity contribution in [3.63, 3.8) is 0 Å². The van der Waals surface area contributed by atoms with Crippen molar-refractivity contribution in [3.05, 3.63) is 29.8 Å². The van der Waals surface area contributed by atoms with Gasteiger partial charge in [0, 0.05) is 25.4 Å². The summed E-state index contributed by atoms with van der Waals surface area (Å²) in [6, 6.07) is 8.12. The van der Waals surface area contributed by atoms with Crippen LogP contribution in [-0.2, 0) is 0 Å². The number of benzene rings is 1. The van der Waals surface area contributed by atoms with Gasteiger partial charge in [-0.1, -0.05) is 12.1 Å². The molecular formula is C14H21NO2. The Morgan fingerprint density at radius 3 is 2.65 bits per heavy atom. The Balaban J connectivity index is 1.99. The van der Waals surface area contributed by atoms with Crippen LogP contribution in [0.1, 0.15) is 31.4 Å². The molecule has 1 aliphatic rings. The SMILES string of the molecule is CC(O)c1ccc(N2CCC(CCO)C2)cc1. The van der Waals surface area contributed by atoms with Gasteiger partial charge in [-0.2, -0.15) is 0 Å². The molecule has 1 saturated heterocycles. The smallest absolute Gasteiger partial charge is 0.0761 e. The second-order valence-electron chi connectivity index (χ2n) is 4.88. The van der Waals surface area contributed by atoms with Crippen LogP contribution in [0.2, 0.25) is 0 Å². The minimum absolute atomic E-state index is 0.291. The first kappa shape index (κ1) is 12.4. The lowest BCUT2D eigenvalue weighted by Gasteiger charge is -2.19. The zero-order valence-electron chi connectivity index (χ0n) is 10.3. The van der Waals surface area contributed by atoms with Crippen molar-refractivity contribution in [2.45, 2.75) is 25.9 Å². The highest BCUT2D eigenvalue weighted by molar-refractivity contribution is 5.48. The van der Waals surface area contributed by atoms with Crippen molar-refractivity contribution in [1.82, 2.24) is 0 Å². The number of anilines is 1. The van der Waals surface area contributed by atoms with E-state index in [1.165, 1.54) is 12.1 Å². The molecule has 0 radical (unpaired) electrons. The molecule has 0 saturated carbocycles. The first-order valence-corrected chi connectivity index (χ1v) is 6.34. The Morgan fingerprint density at radius 2 is 2.06 bits per heavy atom. The Bertz CT molecular complexity index is 348. The van der Waals surface area contributed by atoms with Crippen LogP contribution >= 0.6 is 0 Å². The number of hydrogen-bond donors (Lipinski definition) is 2. The molecule has 0 spiro atoms. The van der Waals surface area contributed by atoms with E-state index in [0.717, 1.165) is 25.1 Å². The Hall–Kier alpha value is -1.06. The van der Waals surface area contributed by atoms with Gasteiger partial charge < -0.3 is 15.1 Å². The minimum atomic E-state index is -0.398. The largest absolute Gasteiger partial charge is 0.396 e. The van der Waals surface area contributed by atoms with Crippen LogP contribution in [0.25, 0.3) is 0 Å². The van der Waals surface area contributed by atoms with Crippen molar-refractivity contribution in [3.8, 4) is 0 Å². The Labute approximate surface area is 103 Å². The minimum Gasteiger partial charge on any atom is -0.396 e.